The summed E-state index contributed by atoms with van der Waals surface area (Å²) in [5.41, 5.74) is 5.58. The fourth-order valence-corrected chi connectivity index (χ4v) is 0.408. The van der Waals surface area contributed by atoms with Crippen LogP contribution in [0.4, 0.5) is 0 Å². The van der Waals surface area contributed by atoms with Gasteiger partial charge in [-0.05, 0) is 12.3 Å². The molecule has 0 aliphatic heterocycles. The monoisotopic (exact) mass is 100 g/mol. The van der Waals surface area contributed by atoms with Gasteiger partial charge < -0.3 is 5.73 Å². The Bertz CT molecular complexity index is 41.4. The highest BCUT2D eigenvalue weighted by molar-refractivity contribution is 4.88. The molecule has 0 bridgehead atoms. The summed E-state index contributed by atoms with van der Waals surface area (Å²) in [6.07, 6.45) is 1.06. The van der Waals surface area contributed by atoms with Gasteiger partial charge in [0.2, 0.25) is 0 Å². The summed E-state index contributed by atoms with van der Waals surface area (Å²) >= 11 is 0. The van der Waals surface area contributed by atoms with Crippen LogP contribution in [0.15, 0.2) is 0 Å². The van der Waals surface area contributed by atoms with Gasteiger partial charge in [0.1, 0.15) is 0 Å². The van der Waals surface area contributed by atoms with Crippen molar-refractivity contribution in [2.45, 2.75) is 33.2 Å². The third-order valence-electron chi connectivity index (χ3n) is 1.18. The smallest absolute Gasteiger partial charge is 0.00933 e. The third kappa shape index (κ3) is 2.63. The molecule has 0 amide bonds. The van der Waals surface area contributed by atoms with Gasteiger partial charge in [0.05, 0.1) is 0 Å². The Kier molecular flexibility index (Phi) is 3.01. The summed E-state index contributed by atoms with van der Waals surface area (Å²) in [7, 11) is 0. The molecule has 0 aliphatic rings. The maximum atomic E-state index is 5.58. The van der Waals surface area contributed by atoms with E-state index in [1.807, 2.05) is 0 Å². The lowest BCUT2D eigenvalue weighted by molar-refractivity contribution is 0.665. The molecule has 1 radical (unpaired) electrons. The number of nitrogens with two attached hydrogens (primary N) is 1. The van der Waals surface area contributed by atoms with Crippen LogP contribution >= 0.6 is 0 Å². The fourth-order valence-electron chi connectivity index (χ4n) is 0.408. The highest BCUT2D eigenvalue weighted by atomic mass is 14.6. The molecule has 7 heavy (non-hydrogen) atoms. The van der Waals surface area contributed by atoms with Crippen LogP contribution in [-0.2, 0) is 0 Å². The molecule has 1 heteroatoms. The molecule has 0 aromatic heterocycles. The zero-order valence-electron chi connectivity index (χ0n) is 5.36. The quantitative estimate of drug-likeness (QED) is 0.556. The summed E-state index contributed by atoms with van der Waals surface area (Å²) in [6, 6.07) is 0.319. The number of hydrogen-bond acceptors (Lipinski definition) is 1. The normalized spacial score (nSPS) is 15.0. The highest BCUT2D eigenvalue weighted by Crippen LogP contribution is 2.02. The van der Waals surface area contributed by atoms with Gasteiger partial charge in [-0.1, -0.05) is 20.8 Å². The standard InChI is InChI=1S/C6H14N/c1-4-6(7)5(2)3/h6H,4,7H2,1-3H3. The highest BCUT2D eigenvalue weighted by Gasteiger charge is 2.02. The fraction of sp³-hybridized carbons (Fsp3) is 0.833. The maximum Gasteiger partial charge on any atom is 0.00933 e. The number of hydrogen-bond donors (Lipinski definition) is 1. The summed E-state index contributed by atoms with van der Waals surface area (Å²) < 4.78 is 0. The van der Waals surface area contributed by atoms with E-state index >= 15 is 0 Å². The van der Waals surface area contributed by atoms with Gasteiger partial charge in [-0.25, -0.2) is 0 Å². The van der Waals surface area contributed by atoms with Crippen LogP contribution in [0.5, 0.6) is 0 Å². The average Bonchev–Trinajstić information content (AvgIpc) is 1.65. The Morgan fingerprint density at radius 1 is 1.57 bits per heavy atom. The largest absolute Gasteiger partial charge is 0.327 e. The summed E-state index contributed by atoms with van der Waals surface area (Å²) in [5, 5.41) is 0. The predicted octanol–water partition coefficient (Wildman–Crippen LogP) is 1.34. The van der Waals surface area contributed by atoms with E-state index in [0.29, 0.717) is 6.04 Å². The summed E-state index contributed by atoms with van der Waals surface area (Å²) in [5.74, 6) is 1.32. The van der Waals surface area contributed by atoms with Gasteiger partial charge >= 0.3 is 0 Å². The van der Waals surface area contributed by atoms with Crippen LogP contribution in [0.2, 0.25) is 0 Å². The first kappa shape index (κ1) is 6.96. The van der Waals surface area contributed by atoms with Gasteiger partial charge in [0, 0.05) is 6.04 Å². The molecule has 0 heterocycles. The van der Waals surface area contributed by atoms with Crippen molar-refractivity contribution in [1.29, 1.82) is 0 Å². The third-order valence-corrected chi connectivity index (χ3v) is 1.18. The van der Waals surface area contributed by atoms with Gasteiger partial charge in [-0.2, -0.15) is 0 Å². The molecule has 0 saturated carbocycles. The van der Waals surface area contributed by atoms with Crippen molar-refractivity contribution in [2.75, 3.05) is 0 Å². The minimum absolute atomic E-state index is 0.319. The lowest BCUT2D eigenvalue weighted by atomic mass is 10.0. The molecule has 0 saturated heterocycles. The van der Waals surface area contributed by atoms with E-state index < -0.39 is 0 Å². The van der Waals surface area contributed by atoms with E-state index in [1.54, 1.807) is 0 Å². The van der Waals surface area contributed by atoms with Crippen LogP contribution in [-0.4, -0.2) is 6.04 Å². The van der Waals surface area contributed by atoms with Crippen molar-refractivity contribution >= 4 is 0 Å². The maximum absolute atomic E-state index is 5.58. The molecule has 1 atom stereocenters. The van der Waals surface area contributed by atoms with Crippen LogP contribution in [0.25, 0.3) is 0 Å². The number of rotatable bonds is 2. The van der Waals surface area contributed by atoms with E-state index in [0.717, 1.165) is 6.42 Å². The zero-order valence-corrected chi connectivity index (χ0v) is 5.36. The molecule has 0 rings (SSSR count). The predicted molar refractivity (Wildman–Crippen MR) is 32.9 cm³/mol. The molecule has 0 aliphatic carbocycles. The summed E-state index contributed by atoms with van der Waals surface area (Å²) in [6.45, 7) is 6.22. The van der Waals surface area contributed by atoms with Crippen molar-refractivity contribution in [1.82, 2.24) is 0 Å². The van der Waals surface area contributed by atoms with E-state index in [9.17, 15) is 0 Å². The first-order chi connectivity index (χ1) is 3.18. The molecular formula is C6H14N. The van der Waals surface area contributed by atoms with Crippen molar-refractivity contribution in [2.24, 2.45) is 5.73 Å². The Labute approximate surface area is 45.9 Å². The minimum Gasteiger partial charge on any atom is -0.327 e. The van der Waals surface area contributed by atoms with Gasteiger partial charge in [-0.3, -0.25) is 0 Å². The van der Waals surface area contributed by atoms with Gasteiger partial charge in [0.25, 0.3) is 0 Å². The molecule has 2 N–H and O–H groups in total. The lowest BCUT2D eigenvalue weighted by Gasteiger charge is -2.10. The van der Waals surface area contributed by atoms with E-state index in [-0.39, 0.29) is 0 Å². The molecule has 0 aromatic carbocycles. The van der Waals surface area contributed by atoms with E-state index in [2.05, 4.69) is 20.8 Å². The van der Waals surface area contributed by atoms with Crippen LogP contribution < -0.4 is 5.73 Å². The second-order valence-corrected chi connectivity index (χ2v) is 2.09. The zero-order chi connectivity index (χ0) is 5.86. The average molecular weight is 100 g/mol. The topological polar surface area (TPSA) is 26.0 Å². The molecule has 0 fully saturated rings. The SMILES string of the molecule is CCC(N)[C](C)C. The Morgan fingerprint density at radius 2 is 2.00 bits per heavy atom. The molecule has 1 nitrogen and oxygen atoms in total. The van der Waals surface area contributed by atoms with Crippen molar-refractivity contribution in [3.05, 3.63) is 5.92 Å². The molecule has 0 aromatic rings. The Balaban J connectivity index is 3.14. The molecule has 0 spiro atoms. The van der Waals surface area contributed by atoms with E-state index in [4.69, 9.17) is 5.73 Å². The Hall–Kier alpha value is -0.0400. The first-order valence-corrected chi connectivity index (χ1v) is 2.74. The van der Waals surface area contributed by atoms with Crippen LogP contribution in [0.1, 0.15) is 27.2 Å². The molecule has 43 valence electrons. The molecular weight excluding hydrogens is 86.1 g/mol. The van der Waals surface area contributed by atoms with Crippen molar-refractivity contribution in [3.8, 4) is 0 Å². The first-order valence-electron chi connectivity index (χ1n) is 2.74. The van der Waals surface area contributed by atoms with Gasteiger partial charge in [-0.15, -0.1) is 0 Å². The second-order valence-electron chi connectivity index (χ2n) is 2.09. The van der Waals surface area contributed by atoms with Crippen LogP contribution in [0.3, 0.4) is 0 Å². The van der Waals surface area contributed by atoms with Crippen molar-refractivity contribution < 1.29 is 0 Å². The van der Waals surface area contributed by atoms with E-state index in [1.165, 1.54) is 5.92 Å². The Morgan fingerprint density at radius 3 is 2.00 bits per heavy atom. The molecule has 1 unspecified atom stereocenters. The second kappa shape index (κ2) is 3.03. The van der Waals surface area contributed by atoms with Gasteiger partial charge in [0.15, 0.2) is 0 Å². The van der Waals surface area contributed by atoms with Crippen molar-refractivity contribution in [3.63, 3.8) is 0 Å². The minimum atomic E-state index is 0.319. The summed E-state index contributed by atoms with van der Waals surface area (Å²) in [4.78, 5) is 0. The lowest BCUT2D eigenvalue weighted by Crippen LogP contribution is -2.23. The van der Waals surface area contributed by atoms with Crippen LogP contribution in [0, 0.1) is 5.92 Å².